The molecule has 1 saturated heterocycles. The molecule has 0 aromatic carbocycles. The highest BCUT2D eigenvalue weighted by molar-refractivity contribution is 7.91. The number of hydrogen-bond acceptors (Lipinski definition) is 4. The molecule has 1 aliphatic rings. The largest absolute Gasteiger partial charge is 0.370 e. The number of anilines is 1. The number of pyridine rings is 1. The smallest absolute Gasteiger partial charge is 0.152 e. The number of rotatable bonds is 2. The summed E-state index contributed by atoms with van der Waals surface area (Å²) in [6, 6.07) is 1.98. The minimum Gasteiger partial charge on any atom is -0.370 e. The van der Waals surface area contributed by atoms with Crippen molar-refractivity contribution >= 4 is 27.1 Å². The highest BCUT2D eigenvalue weighted by Gasteiger charge is 2.20. The Morgan fingerprint density at radius 3 is 2.89 bits per heavy atom. The lowest BCUT2D eigenvalue weighted by Gasteiger charge is -2.24. The van der Waals surface area contributed by atoms with Crippen molar-refractivity contribution in [3.63, 3.8) is 0 Å². The molecule has 100 valence electrons. The van der Waals surface area contributed by atoms with Gasteiger partial charge in [0, 0.05) is 36.2 Å². The van der Waals surface area contributed by atoms with Crippen molar-refractivity contribution in [3.8, 4) is 0 Å². The fraction of sp³-hybridized carbons (Fsp3) is 0.583. The first-order chi connectivity index (χ1) is 8.52. The first kappa shape index (κ1) is 13.6. The van der Waals surface area contributed by atoms with Gasteiger partial charge in [-0.05, 0) is 19.4 Å². The van der Waals surface area contributed by atoms with Crippen molar-refractivity contribution in [2.45, 2.75) is 19.2 Å². The van der Waals surface area contributed by atoms with E-state index in [0.717, 1.165) is 23.5 Å². The summed E-state index contributed by atoms with van der Waals surface area (Å²) in [5.41, 5.74) is 2.90. The number of nitrogens with zero attached hydrogens (tertiary/aromatic N) is 2. The number of sulfone groups is 1. The molecule has 0 aliphatic carbocycles. The number of aryl methyl sites for hydroxylation is 1. The Morgan fingerprint density at radius 2 is 2.17 bits per heavy atom. The van der Waals surface area contributed by atoms with Crippen molar-refractivity contribution in [3.05, 3.63) is 23.5 Å². The summed E-state index contributed by atoms with van der Waals surface area (Å²) in [5.74, 6) is 0.895. The van der Waals surface area contributed by atoms with E-state index in [2.05, 4.69) is 9.88 Å². The van der Waals surface area contributed by atoms with Crippen LogP contribution in [0.15, 0.2) is 12.3 Å². The molecule has 1 aromatic heterocycles. The van der Waals surface area contributed by atoms with Crippen LogP contribution < -0.4 is 4.90 Å². The van der Waals surface area contributed by atoms with Gasteiger partial charge in [-0.1, -0.05) is 0 Å². The van der Waals surface area contributed by atoms with E-state index in [9.17, 15) is 8.42 Å². The van der Waals surface area contributed by atoms with Crippen LogP contribution in [0.2, 0.25) is 0 Å². The third-order valence-corrected chi connectivity index (χ3v) is 5.14. The van der Waals surface area contributed by atoms with Crippen LogP contribution in [-0.4, -0.2) is 38.0 Å². The van der Waals surface area contributed by atoms with Gasteiger partial charge >= 0.3 is 0 Å². The highest BCUT2D eigenvalue weighted by Crippen LogP contribution is 2.24. The summed E-state index contributed by atoms with van der Waals surface area (Å²) in [5, 5.41) is 0. The van der Waals surface area contributed by atoms with E-state index in [1.165, 1.54) is 0 Å². The van der Waals surface area contributed by atoms with Crippen molar-refractivity contribution in [2.75, 3.05) is 29.5 Å². The van der Waals surface area contributed by atoms with Gasteiger partial charge in [0.25, 0.3) is 0 Å². The zero-order chi connectivity index (χ0) is 13.2. The van der Waals surface area contributed by atoms with Crippen molar-refractivity contribution in [2.24, 2.45) is 0 Å². The Kier molecular flexibility index (Phi) is 4.12. The molecule has 2 rings (SSSR count). The van der Waals surface area contributed by atoms with Crippen LogP contribution in [0.3, 0.4) is 0 Å². The lowest BCUT2D eigenvalue weighted by atomic mass is 10.2. The van der Waals surface area contributed by atoms with Crippen molar-refractivity contribution in [1.82, 2.24) is 4.98 Å². The molecule has 0 unspecified atom stereocenters. The lowest BCUT2D eigenvalue weighted by molar-refractivity contribution is 0.597. The Bertz CT molecular complexity index is 531. The quantitative estimate of drug-likeness (QED) is 0.778. The van der Waals surface area contributed by atoms with E-state index < -0.39 is 9.84 Å². The van der Waals surface area contributed by atoms with E-state index in [0.29, 0.717) is 18.8 Å². The van der Waals surface area contributed by atoms with Crippen LogP contribution in [0, 0.1) is 6.92 Å². The van der Waals surface area contributed by atoms with E-state index in [1.807, 2.05) is 13.0 Å². The molecular weight excluding hydrogens is 272 g/mol. The predicted molar refractivity (Wildman–Crippen MR) is 74.0 cm³/mol. The summed E-state index contributed by atoms with van der Waals surface area (Å²) in [4.78, 5) is 6.34. The minimum atomic E-state index is -2.88. The SMILES string of the molecule is Cc1cc(N2CCCS(=O)(=O)CC2)c(CCl)cn1. The molecule has 1 fully saturated rings. The first-order valence-electron chi connectivity index (χ1n) is 5.99. The Labute approximate surface area is 113 Å². The lowest BCUT2D eigenvalue weighted by Crippen LogP contribution is -2.27. The molecule has 1 aliphatic heterocycles. The summed E-state index contributed by atoms with van der Waals surface area (Å²) in [6.45, 7) is 3.22. The molecule has 0 spiro atoms. The number of halogens is 1. The zero-order valence-electron chi connectivity index (χ0n) is 10.4. The maximum Gasteiger partial charge on any atom is 0.152 e. The Hall–Kier alpha value is -0.810. The molecule has 0 amide bonds. The van der Waals surface area contributed by atoms with Gasteiger partial charge in [0.15, 0.2) is 9.84 Å². The second kappa shape index (κ2) is 5.45. The molecule has 0 bridgehead atoms. The van der Waals surface area contributed by atoms with Crippen LogP contribution in [-0.2, 0) is 15.7 Å². The molecule has 0 radical (unpaired) electrons. The average Bonchev–Trinajstić information content (AvgIpc) is 2.50. The van der Waals surface area contributed by atoms with Crippen LogP contribution in [0.4, 0.5) is 5.69 Å². The second-order valence-corrected chi connectivity index (χ2v) is 7.15. The van der Waals surface area contributed by atoms with Crippen LogP contribution >= 0.6 is 11.6 Å². The summed E-state index contributed by atoms with van der Waals surface area (Å²) < 4.78 is 23.2. The molecular formula is C12H17ClN2O2S. The predicted octanol–water partition coefficient (Wildman–Crippen LogP) is 1.75. The van der Waals surface area contributed by atoms with Crippen molar-refractivity contribution in [1.29, 1.82) is 0 Å². The molecule has 1 aromatic rings. The van der Waals surface area contributed by atoms with E-state index >= 15 is 0 Å². The topological polar surface area (TPSA) is 50.3 Å². The Balaban J connectivity index is 2.28. The number of aromatic nitrogens is 1. The van der Waals surface area contributed by atoms with Crippen LogP contribution in [0.5, 0.6) is 0 Å². The van der Waals surface area contributed by atoms with Gasteiger partial charge in [-0.3, -0.25) is 4.98 Å². The van der Waals surface area contributed by atoms with Gasteiger partial charge in [-0.15, -0.1) is 11.6 Å². The van der Waals surface area contributed by atoms with E-state index in [4.69, 9.17) is 11.6 Å². The fourth-order valence-corrected chi connectivity index (χ4v) is 3.63. The molecule has 4 nitrogen and oxygen atoms in total. The van der Waals surface area contributed by atoms with E-state index in [-0.39, 0.29) is 11.5 Å². The summed E-state index contributed by atoms with van der Waals surface area (Å²) in [6.07, 6.45) is 2.45. The summed E-state index contributed by atoms with van der Waals surface area (Å²) in [7, 11) is -2.88. The third-order valence-electron chi connectivity index (χ3n) is 3.14. The standard InChI is InChI=1S/C12H17ClN2O2S/c1-10-7-12(11(8-13)9-14-10)15-3-2-5-18(16,17)6-4-15/h7,9H,2-6,8H2,1H3. The third kappa shape index (κ3) is 3.14. The second-order valence-electron chi connectivity index (χ2n) is 4.58. The Morgan fingerprint density at radius 1 is 1.39 bits per heavy atom. The van der Waals surface area contributed by atoms with Crippen molar-refractivity contribution < 1.29 is 8.42 Å². The maximum absolute atomic E-state index is 11.6. The number of alkyl halides is 1. The van der Waals surface area contributed by atoms with Crippen LogP contribution in [0.1, 0.15) is 17.7 Å². The van der Waals surface area contributed by atoms with Gasteiger partial charge in [0.05, 0.1) is 17.4 Å². The van der Waals surface area contributed by atoms with Gasteiger partial charge in [-0.2, -0.15) is 0 Å². The van der Waals surface area contributed by atoms with E-state index in [1.54, 1.807) is 6.20 Å². The maximum atomic E-state index is 11.6. The number of hydrogen-bond donors (Lipinski definition) is 0. The van der Waals surface area contributed by atoms with Gasteiger partial charge < -0.3 is 4.90 Å². The average molecular weight is 289 g/mol. The first-order valence-corrected chi connectivity index (χ1v) is 8.34. The highest BCUT2D eigenvalue weighted by atomic mass is 35.5. The molecule has 0 N–H and O–H groups in total. The molecule has 2 heterocycles. The fourth-order valence-electron chi connectivity index (χ4n) is 2.15. The molecule has 0 saturated carbocycles. The van der Waals surface area contributed by atoms with Gasteiger partial charge in [0.2, 0.25) is 0 Å². The monoisotopic (exact) mass is 288 g/mol. The molecule has 0 atom stereocenters. The minimum absolute atomic E-state index is 0.218. The normalized spacial score (nSPS) is 19.6. The molecule has 18 heavy (non-hydrogen) atoms. The van der Waals surface area contributed by atoms with Gasteiger partial charge in [-0.25, -0.2) is 8.42 Å². The zero-order valence-corrected chi connectivity index (χ0v) is 12.0. The summed E-state index contributed by atoms with van der Waals surface area (Å²) >= 11 is 5.92. The van der Waals surface area contributed by atoms with Crippen LogP contribution in [0.25, 0.3) is 0 Å². The van der Waals surface area contributed by atoms with Gasteiger partial charge in [0.1, 0.15) is 0 Å². The molecule has 6 heteroatoms.